The van der Waals surface area contributed by atoms with Crippen LogP contribution in [0.4, 0.5) is 0 Å². The van der Waals surface area contributed by atoms with Crippen molar-refractivity contribution >= 4 is 17.8 Å². The van der Waals surface area contributed by atoms with Gasteiger partial charge in [0.05, 0.1) is 6.61 Å². The fourth-order valence-electron chi connectivity index (χ4n) is 5.54. The van der Waals surface area contributed by atoms with Crippen molar-refractivity contribution in [1.29, 1.82) is 5.41 Å². The number of unbranched alkanes of at least 4 members (excludes halogenated alkanes) is 1. The number of carbonyl (C=O) groups is 2. The Bertz CT molecular complexity index is 1550. The van der Waals surface area contributed by atoms with Crippen molar-refractivity contribution in [2.45, 2.75) is 124 Å². The molecule has 2 unspecified atom stereocenters. The van der Waals surface area contributed by atoms with Gasteiger partial charge in [-0.1, -0.05) is 136 Å². The first-order valence-corrected chi connectivity index (χ1v) is 19.5. The molecule has 54 heavy (non-hydrogen) atoms. The van der Waals surface area contributed by atoms with E-state index in [1.165, 1.54) is 0 Å². The molecule has 1 amide bonds. The minimum Gasteiger partial charge on any atom is -0.475 e. The molecule has 7 heteroatoms. The molecule has 0 bridgehead atoms. The van der Waals surface area contributed by atoms with Gasteiger partial charge in [-0.2, -0.15) is 0 Å². The van der Waals surface area contributed by atoms with Gasteiger partial charge in [0, 0.05) is 24.8 Å². The SMILES string of the molecule is CCC=CCC=CCC=CCC=CCC=CCCCC(=O)OCC(C)(C)C(OC(c1ccccc1)c1ccccc1C)C(=O)NCCC(=N)OC(C)(C)C. The number of benzene rings is 2. The van der Waals surface area contributed by atoms with Crippen LogP contribution in [0.15, 0.2) is 115 Å². The van der Waals surface area contributed by atoms with Gasteiger partial charge in [0.15, 0.2) is 5.90 Å². The summed E-state index contributed by atoms with van der Waals surface area (Å²) < 4.78 is 18.2. The summed E-state index contributed by atoms with van der Waals surface area (Å²) in [5.41, 5.74) is 1.52. The van der Waals surface area contributed by atoms with Crippen molar-refractivity contribution in [3.05, 3.63) is 132 Å². The topological polar surface area (TPSA) is 97.7 Å². The second-order valence-corrected chi connectivity index (χ2v) is 15.1. The van der Waals surface area contributed by atoms with E-state index in [-0.39, 0.29) is 43.8 Å². The Balaban J connectivity index is 1.96. The maximum Gasteiger partial charge on any atom is 0.305 e. The Labute approximate surface area is 326 Å². The number of hydrogen-bond donors (Lipinski definition) is 2. The van der Waals surface area contributed by atoms with Crippen LogP contribution in [0.2, 0.25) is 0 Å². The lowest BCUT2D eigenvalue weighted by Gasteiger charge is -2.36. The highest BCUT2D eigenvalue weighted by Crippen LogP contribution is 2.35. The highest BCUT2D eigenvalue weighted by molar-refractivity contribution is 5.82. The number of aryl methyl sites for hydroxylation is 1. The van der Waals surface area contributed by atoms with Gasteiger partial charge >= 0.3 is 5.97 Å². The van der Waals surface area contributed by atoms with Crippen molar-refractivity contribution in [1.82, 2.24) is 5.32 Å². The Hall–Kier alpha value is -4.49. The monoisotopic (exact) mass is 738 g/mol. The molecular formula is C47H66N2O5. The zero-order chi connectivity index (χ0) is 39.7. The highest BCUT2D eigenvalue weighted by Gasteiger charge is 2.40. The van der Waals surface area contributed by atoms with Crippen molar-refractivity contribution in [3.63, 3.8) is 0 Å². The lowest BCUT2D eigenvalue weighted by Crippen LogP contribution is -2.49. The lowest BCUT2D eigenvalue weighted by atomic mass is 9.85. The first-order chi connectivity index (χ1) is 25.8. The van der Waals surface area contributed by atoms with E-state index in [1.807, 2.05) is 96.1 Å². The third-order valence-electron chi connectivity index (χ3n) is 8.39. The van der Waals surface area contributed by atoms with Gasteiger partial charge in [-0.15, -0.1) is 0 Å². The molecule has 2 atom stereocenters. The number of allylic oxidation sites excluding steroid dienone is 10. The van der Waals surface area contributed by atoms with E-state index in [1.54, 1.807) is 0 Å². The zero-order valence-corrected chi connectivity index (χ0v) is 33.9. The van der Waals surface area contributed by atoms with Gasteiger partial charge in [0.1, 0.15) is 17.8 Å². The smallest absolute Gasteiger partial charge is 0.305 e. The first kappa shape index (κ1) is 45.7. The number of nitrogens with one attached hydrogen (secondary N) is 2. The molecule has 0 radical (unpaired) electrons. The summed E-state index contributed by atoms with van der Waals surface area (Å²) in [4.78, 5) is 26.8. The molecule has 7 nitrogen and oxygen atoms in total. The Morgan fingerprint density at radius 1 is 0.759 bits per heavy atom. The molecule has 0 saturated heterocycles. The minimum absolute atomic E-state index is 0.00380. The van der Waals surface area contributed by atoms with Crippen LogP contribution in [0.3, 0.4) is 0 Å². The zero-order valence-electron chi connectivity index (χ0n) is 33.9. The maximum atomic E-state index is 13.9. The molecule has 0 aromatic heterocycles. The number of amides is 1. The predicted octanol–water partition coefficient (Wildman–Crippen LogP) is 11.3. The van der Waals surface area contributed by atoms with E-state index < -0.39 is 23.2 Å². The van der Waals surface area contributed by atoms with Gasteiger partial charge in [-0.05, 0) is 89.3 Å². The average molecular weight is 739 g/mol. The van der Waals surface area contributed by atoms with Gasteiger partial charge in [0.25, 0.3) is 0 Å². The number of esters is 1. The fourth-order valence-corrected chi connectivity index (χ4v) is 5.54. The van der Waals surface area contributed by atoms with E-state index >= 15 is 0 Å². The molecule has 2 aromatic rings. The van der Waals surface area contributed by atoms with Crippen LogP contribution in [0.25, 0.3) is 0 Å². The maximum absolute atomic E-state index is 13.9. The van der Waals surface area contributed by atoms with E-state index in [0.29, 0.717) is 6.42 Å². The van der Waals surface area contributed by atoms with Crippen LogP contribution in [0.1, 0.15) is 122 Å². The summed E-state index contributed by atoms with van der Waals surface area (Å²) in [6.07, 6.45) is 27.0. The van der Waals surface area contributed by atoms with Crippen molar-refractivity contribution in [3.8, 4) is 0 Å². The van der Waals surface area contributed by atoms with E-state index in [2.05, 4.69) is 73.0 Å². The van der Waals surface area contributed by atoms with Crippen molar-refractivity contribution in [2.75, 3.05) is 13.2 Å². The number of ether oxygens (including phenoxy) is 3. The van der Waals surface area contributed by atoms with Gasteiger partial charge in [0.2, 0.25) is 5.91 Å². The van der Waals surface area contributed by atoms with Gasteiger partial charge < -0.3 is 19.5 Å². The molecule has 2 rings (SSSR count). The summed E-state index contributed by atoms with van der Waals surface area (Å²) in [6.45, 7) is 13.8. The van der Waals surface area contributed by atoms with Crippen molar-refractivity contribution in [2.24, 2.45) is 5.41 Å². The van der Waals surface area contributed by atoms with Crippen LogP contribution in [0, 0.1) is 17.7 Å². The average Bonchev–Trinajstić information content (AvgIpc) is 3.12. The largest absolute Gasteiger partial charge is 0.475 e. The van der Waals surface area contributed by atoms with Gasteiger partial charge in [-0.25, -0.2) is 0 Å². The molecule has 0 spiro atoms. The number of rotatable bonds is 24. The van der Waals surface area contributed by atoms with Crippen LogP contribution in [-0.4, -0.2) is 42.6 Å². The third kappa shape index (κ3) is 19.5. The Morgan fingerprint density at radius 2 is 1.31 bits per heavy atom. The quantitative estimate of drug-likeness (QED) is 0.0367. The minimum atomic E-state index is -0.978. The van der Waals surface area contributed by atoms with E-state index in [4.69, 9.17) is 19.6 Å². The molecule has 0 aliphatic carbocycles. The van der Waals surface area contributed by atoms with E-state index in [0.717, 1.165) is 55.2 Å². The number of hydrogen-bond acceptors (Lipinski definition) is 6. The summed E-state index contributed by atoms with van der Waals surface area (Å²) >= 11 is 0. The fraction of sp³-hybridized carbons (Fsp3) is 0.468. The summed E-state index contributed by atoms with van der Waals surface area (Å²) in [5, 5.41) is 11.1. The Kier molecular flexibility index (Phi) is 21.6. The predicted molar refractivity (Wildman–Crippen MR) is 224 cm³/mol. The molecule has 0 saturated carbocycles. The molecule has 2 aromatic carbocycles. The van der Waals surface area contributed by atoms with Crippen LogP contribution in [-0.2, 0) is 23.8 Å². The molecule has 0 fully saturated rings. The van der Waals surface area contributed by atoms with Crippen LogP contribution in [0.5, 0.6) is 0 Å². The first-order valence-electron chi connectivity index (χ1n) is 19.5. The molecule has 0 heterocycles. The molecule has 0 aliphatic rings. The second kappa shape index (κ2) is 25.5. The molecular weight excluding hydrogens is 673 g/mol. The Morgan fingerprint density at radius 3 is 1.89 bits per heavy atom. The summed E-state index contributed by atoms with van der Waals surface area (Å²) in [7, 11) is 0. The number of carbonyl (C=O) groups excluding carboxylic acids is 2. The van der Waals surface area contributed by atoms with Crippen LogP contribution < -0.4 is 5.32 Å². The lowest BCUT2D eigenvalue weighted by molar-refractivity contribution is -0.160. The standard InChI is InChI=1S/C47H66N2O5/c1-8-9-10-11-12-13-14-15-16-17-18-19-20-21-22-23-27-34-42(50)52-37-47(6,7)44(45(51)49-36-35-41(48)54-46(3,4)5)53-43(39-31-25-24-26-32-39)40-33-29-28-30-38(40)2/h9-10,12-13,15-16,18-19,21-22,24-26,28-33,43-44,48H,8,11,14,17,20,23,27,34-37H2,1-7H3,(H,49,51). The van der Waals surface area contributed by atoms with Crippen molar-refractivity contribution < 1.29 is 23.8 Å². The van der Waals surface area contributed by atoms with E-state index in [9.17, 15) is 9.59 Å². The molecule has 294 valence electrons. The van der Waals surface area contributed by atoms with Gasteiger partial charge in [-0.3, -0.25) is 15.0 Å². The third-order valence-corrected chi connectivity index (χ3v) is 8.39. The molecule has 2 N–H and O–H groups in total. The summed E-state index contributed by atoms with van der Waals surface area (Å²) in [5.74, 6) is -0.548. The highest BCUT2D eigenvalue weighted by atomic mass is 16.5. The molecule has 0 aliphatic heterocycles. The normalized spacial score (nSPS) is 13.7. The van der Waals surface area contributed by atoms with Crippen LogP contribution >= 0.6 is 0 Å². The summed E-state index contributed by atoms with van der Waals surface area (Å²) in [6, 6.07) is 17.8. The second-order valence-electron chi connectivity index (χ2n) is 15.1.